The summed E-state index contributed by atoms with van der Waals surface area (Å²) in [5.41, 5.74) is 3.10. The number of fused-ring (bicyclic) bond motifs is 1. The van der Waals surface area contributed by atoms with Crippen LogP contribution in [0.5, 0.6) is 0 Å². The number of thioether (sulfide) groups is 1. The Morgan fingerprint density at radius 3 is 2.46 bits per heavy atom. The smallest absolute Gasteiger partial charge is 0.269 e. The van der Waals surface area contributed by atoms with Crippen LogP contribution in [0.3, 0.4) is 0 Å². The molecule has 4 aromatic rings. The third-order valence-electron chi connectivity index (χ3n) is 5.50. The number of para-hydroxylation sites is 1. The van der Waals surface area contributed by atoms with Gasteiger partial charge in [0.15, 0.2) is 0 Å². The van der Waals surface area contributed by atoms with Gasteiger partial charge in [-0.05, 0) is 36.8 Å². The molecule has 0 radical (unpaired) electrons. The molecule has 0 aliphatic rings. The molecule has 0 unspecified atom stereocenters. The van der Waals surface area contributed by atoms with Crippen LogP contribution in [0.2, 0.25) is 0 Å². The molecule has 2 amide bonds. The molecule has 2 N–H and O–H groups in total. The van der Waals surface area contributed by atoms with Crippen LogP contribution < -0.4 is 10.6 Å². The predicted octanol–water partition coefficient (Wildman–Crippen LogP) is 5.02. The molecule has 3 aromatic carbocycles. The monoisotopic (exact) mass is 488 g/mol. The van der Waals surface area contributed by atoms with E-state index >= 15 is 0 Å². The summed E-state index contributed by atoms with van der Waals surface area (Å²) in [6.07, 6.45) is 1.99. The first-order valence-electron chi connectivity index (χ1n) is 11.0. The highest BCUT2D eigenvalue weighted by atomic mass is 32.2. The van der Waals surface area contributed by atoms with Crippen molar-refractivity contribution < 1.29 is 14.5 Å². The van der Waals surface area contributed by atoms with Crippen LogP contribution in [0.1, 0.15) is 15.9 Å². The second-order valence-corrected chi connectivity index (χ2v) is 8.93. The lowest BCUT2D eigenvalue weighted by Crippen LogP contribution is -2.27. The van der Waals surface area contributed by atoms with Crippen LogP contribution in [0, 0.1) is 17.0 Å². The van der Waals surface area contributed by atoms with E-state index in [4.69, 9.17) is 0 Å². The van der Waals surface area contributed by atoms with Gasteiger partial charge in [0.2, 0.25) is 5.91 Å². The number of nitro groups is 1. The molecule has 35 heavy (non-hydrogen) atoms. The Balaban J connectivity index is 1.37. The Bertz CT molecular complexity index is 1380. The van der Waals surface area contributed by atoms with Gasteiger partial charge >= 0.3 is 0 Å². The largest absolute Gasteiger partial charge is 0.350 e. The van der Waals surface area contributed by atoms with Crippen LogP contribution in [-0.4, -0.2) is 33.6 Å². The fraction of sp³-hybridized carbons (Fsp3) is 0.154. The van der Waals surface area contributed by atoms with E-state index < -0.39 is 4.92 Å². The number of non-ortho nitro benzene ring substituents is 1. The van der Waals surface area contributed by atoms with Crippen molar-refractivity contribution in [2.24, 2.45) is 0 Å². The van der Waals surface area contributed by atoms with Crippen molar-refractivity contribution >= 4 is 45.9 Å². The van der Waals surface area contributed by atoms with E-state index in [1.807, 2.05) is 61.7 Å². The van der Waals surface area contributed by atoms with E-state index in [0.717, 1.165) is 21.4 Å². The number of nitrogens with one attached hydrogen (secondary N) is 2. The maximum atomic E-state index is 12.5. The zero-order valence-electron chi connectivity index (χ0n) is 19.1. The fourth-order valence-electron chi connectivity index (χ4n) is 3.73. The van der Waals surface area contributed by atoms with Gasteiger partial charge in [0.1, 0.15) is 0 Å². The number of amides is 2. The summed E-state index contributed by atoms with van der Waals surface area (Å²) in [5.74, 6) is -0.113. The third-order valence-corrected chi connectivity index (χ3v) is 6.54. The minimum Gasteiger partial charge on any atom is -0.350 e. The SMILES string of the molecule is Cc1ccccc1C(=O)NCCn1cc(SCC(=O)Nc2ccc([N+](=O)[O-])cc2)c2ccccc21. The van der Waals surface area contributed by atoms with E-state index in [1.165, 1.54) is 36.0 Å². The number of nitrogens with zero attached hydrogens (tertiary/aromatic N) is 2. The molecular formula is C26H24N4O4S. The molecule has 0 bridgehead atoms. The topological polar surface area (TPSA) is 106 Å². The number of nitro benzene ring substituents is 1. The number of hydrogen-bond donors (Lipinski definition) is 2. The molecule has 178 valence electrons. The lowest BCUT2D eigenvalue weighted by atomic mass is 10.1. The van der Waals surface area contributed by atoms with Crippen molar-refractivity contribution in [3.05, 3.63) is 100 Å². The molecule has 1 heterocycles. The molecule has 1 aromatic heterocycles. The summed E-state index contributed by atoms with van der Waals surface area (Å²) < 4.78 is 2.07. The third kappa shape index (κ3) is 5.88. The number of carbonyl (C=O) groups is 2. The molecule has 9 heteroatoms. The Hall–Kier alpha value is -4.11. The molecule has 8 nitrogen and oxygen atoms in total. The maximum absolute atomic E-state index is 12.5. The summed E-state index contributed by atoms with van der Waals surface area (Å²) in [6.45, 7) is 2.97. The highest BCUT2D eigenvalue weighted by Gasteiger charge is 2.13. The van der Waals surface area contributed by atoms with Crippen molar-refractivity contribution in [2.45, 2.75) is 18.4 Å². The minimum absolute atomic E-state index is 0.0275. The van der Waals surface area contributed by atoms with Crippen molar-refractivity contribution in [2.75, 3.05) is 17.6 Å². The second kappa shape index (κ2) is 10.9. The van der Waals surface area contributed by atoms with Crippen molar-refractivity contribution in [3.8, 4) is 0 Å². The average molecular weight is 489 g/mol. The first-order valence-corrected chi connectivity index (χ1v) is 12.0. The molecule has 0 fully saturated rings. The second-order valence-electron chi connectivity index (χ2n) is 7.92. The first-order chi connectivity index (χ1) is 16.9. The van der Waals surface area contributed by atoms with Gasteiger partial charge in [-0.3, -0.25) is 19.7 Å². The lowest BCUT2D eigenvalue weighted by Gasteiger charge is -2.09. The molecular weight excluding hydrogens is 464 g/mol. The Labute approximate surface area is 206 Å². The van der Waals surface area contributed by atoms with Crippen molar-refractivity contribution in [3.63, 3.8) is 0 Å². The van der Waals surface area contributed by atoms with Gasteiger partial charge in [0.25, 0.3) is 11.6 Å². The number of rotatable bonds is 9. The predicted molar refractivity (Wildman–Crippen MR) is 138 cm³/mol. The molecule has 0 saturated carbocycles. The number of carbonyl (C=O) groups excluding carboxylic acids is 2. The number of hydrogen-bond acceptors (Lipinski definition) is 5. The molecule has 0 aliphatic heterocycles. The quantitative estimate of drug-likeness (QED) is 0.195. The molecule has 0 spiro atoms. The molecule has 0 saturated heterocycles. The van der Waals surface area contributed by atoms with E-state index in [0.29, 0.717) is 24.3 Å². The van der Waals surface area contributed by atoms with Crippen LogP contribution >= 0.6 is 11.8 Å². The summed E-state index contributed by atoms with van der Waals surface area (Å²) >= 11 is 1.42. The fourth-order valence-corrected chi connectivity index (χ4v) is 4.62. The summed E-state index contributed by atoms with van der Waals surface area (Å²) in [5, 5.41) is 17.5. The number of aromatic nitrogens is 1. The van der Waals surface area contributed by atoms with Crippen LogP contribution in [-0.2, 0) is 11.3 Å². The van der Waals surface area contributed by atoms with Crippen LogP contribution in [0.25, 0.3) is 10.9 Å². The lowest BCUT2D eigenvalue weighted by molar-refractivity contribution is -0.384. The number of anilines is 1. The Morgan fingerprint density at radius 1 is 1.00 bits per heavy atom. The van der Waals surface area contributed by atoms with Gasteiger partial charge in [-0.15, -0.1) is 11.8 Å². The highest BCUT2D eigenvalue weighted by Crippen LogP contribution is 2.30. The van der Waals surface area contributed by atoms with Gasteiger partial charge in [-0.25, -0.2) is 0 Å². The van der Waals surface area contributed by atoms with E-state index in [2.05, 4.69) is 15.2 Å². The van der Waals surface area contributed by atoms with E-state index in [9.17, 15) is 19.7 Å². The maximum Gasteiger partial charge on any atom is 0.269 e. The highest BCUT2D eigenvalue weighted by molar-refractivity contribution is 8.00. The normalized spacial score (nSPS) is 10.8. The zero-order valence-corrected chi connectivity index (χ0v) is 19.9. The minimum atomic E-state index is -0.481. The summed E-state index contributed by atoms with van der Waals surface area (Å²) in [6, 6.07) is 21.1. The molecule has 0 aliphatic carbocycles. The van der Waals surface area contributed by atoms with Gasteiger partial charge in [0, 0.05) is 58.5 Å². The summed E-state index contributed by atoms with van der Waals surface area (Å²) in [4.78, 5) is 36.2. The Morgan fingerprint density at radius 2 is 1.71 bits per heavy atom. The molecule has 0 atom stereocenters. The van der Waals surface area contributed by atoms with E-state index in [-0.39, 0.29) is 23.3 Å². The van der Waals surface area contributed by atoms with Gasteiger partial charge in [-0.2, -0.15) is 0 Å². The first kappa shape index (κ1) is 24.0. The number of aryl methyl sites for hydroxylation is 1. The molecule has 4 rings (SSSR count). The summed E-state index contributed by atoms with van der Waals surface area (Å²) in [7, 11) is 0. The number of benzene rings is 3. The average Bonchev–Trinajstić information content (AvgIpc) is 3.21. The van der Waals surface area contributed by atoms with Crippen molar-refractivity contribution in [1.82, 2.24) is 9.88 Å². The van der Waals surface area contributed by atoms with Crippen molar-refractivity contribution in [1.29, 1.82) is 0 Å². The van der Waals surface area contributed by atoms with Gasteiger partial charge in [0.05, 0.1) is 10.7 Å². The van der Waals surface area contributed by atoms with E-state index in [1.54, 1.807) is 0 Å². The van der Waals surface area contributed by atoms with Gasteiger partial charge < -0.3 is 15.2 Å². The standard InChI is InChI=1S/C26H24N4O4S/c1-18-6-2-3-7-21(18)26(32)27-14-15-29-16-24(22-8-4-5-9-23(22)29)35-17-25(31)28-19-10-12-20(13-11-19)30(33)34/h2-13,16H,14-15,17H2,1H3,(H,27,32)(H,28,31). The van der Waals surface area contributed by atoms with Crippen LogP contribution in [0.15, 0.2) is 83.9 Å². The zero-order chi connectivity index (χ0) is 24.8. The Kier molecular flexibility index (Phi) is 7.47. The van der Waals surface area contributed by atoms with Gasteiger partial charge in [-0.1, -0.05) is 36.4 Å². The van der Waals surface area contributed by atoms with Crippen LogP contribution in [0.4, 0.5) is 11.4 Å².